The lowest BCUT2D eigenvalue weighted by molar-refractivity contribution is 0.670. The van der Waals surface area contributed by atoms with E-state index >= 15 is 0 Å². The first-order chi connectivity index (χ1) is 25.8. The van der Waals surface area contributed by atoms with Gasteiger partial charge in [-0.2, -0.15) is 0 Å². The zero-order valence-electron chi connectivity index (χ0n) is 28.0. The van der Waals surface area contributed by atoms with Crippen molar-refractivity contribution in [1.82, 2.24) is 4.57 Å². The van der Waals surface area contributed by atoms with Crippen LogP contribution in [0.25, 0.3) is 80.7 Å². The Morgan fingerprint density at radius 3 is 1.94 bits per heavy atom. The molecule has 8 aromatic carbocycles. The molecule has 0 saturated heterocycles. The highest BCUT2D eigenvalue weighted by atomic mass is 32.1. The number of anilines is 3. The molecule has 244 valence electrons. The van der Waals surface area contributed by atoms with Crippen LogP contribution in [0.5, 0.6) is 0 Å². The number of para-hydroxylation sites is 3. The van der Waals surface area contributed by atoms with E-state index in [0.717, 1.165) is 61.3 Å². The number of benzene rings is 8. The van der Waals surface area contributed by atoms with E-state index in [4.69, 9.17) is 4.42 Å². The minimum absolute atomic E-state index is 0.876. The maximum Gasteiger partial charge on any atom is 0.145 e. The van der Waals surface area contributed by atoms with E-state index in [1.54, 1.807) is 0 Å². The lowest BCUT2D eigenvalue weighted by Gasteiger charge is -2.28. The Morgan fingerprint density at radius 2 is 1.08 bits per heavy atom. The molecular formula is C48H30N2OS. The van der Waals surface area contributed by atoms with Crippen LogP contribution in [-0.4, -0.2) is 4.57 Å². The fraction of sp³-hybridized carbons (Fsp3) is 0. The number of hydrogen-bond acceptors (Lipinski definition) is 3. The molecular weight excluding hydrogens is 653 g/mol. The molecule has 0 saturated carbocycles. The molecule has 52 heavy (non-hydrogen) atoms. The second-order valence-corrected chi connectivity index (χ2v) is 14.3. The van der Waals surface area contributed by atoms with Crippen molar-refractivity contribution < 1.29 is 4.42 Å². The standard InChI is InChI=1S/C48H30N2OS/c1-3-15-31(16-4-1)33-29-30-41(46-37-21-8-11-27-43(37)51-47(33)46)50(42-26-13-22-35-34-19-9-12-28-44(34)52-48(35)42)40-25-14-24-39-45(40)36-20-7-10-23-38(36)49(39)32-17-5-2-6-18-32/h1-30H. The van der Waals surface area contributed by atoms with Crippen molar-refractivity contribution in [3.8, 4) is 16.8 Å². The van der Waals surface area contributed by atoms with Crippen molar-refractivity contribution in [1.29, 1.82) is 0 Å². The van der Waals surface area contributed by atoms with Gasteiger partial charge in [0.2, 0.25) is 0 Å². The van der Waals surface area contributed by atoms with Gasteiger partial charge in [0, 0.05) is 42.9 Å². The van der Waals surface area contributed by atoms with Crippen LogP contribution in [0.2, 0.25) is 0 Å². The Bertz CT molecular complexity index is 3120. The Balaban J connectivity index is 1.31. The minimum atomic E-state index is 0.876. The second kappa shape index (κ2) is 11.5. The third kappa shape index (κ3) is 4.25. The van der Waals surface area contributed by atoms with Gasteiger partial charge in [-0.05, 0) is 66.2 Å². The summed E-state index contributed by atoms with van der Waals surface area (Å²) in [6.07, 6.45) is 0. The highest BCUT2D eigenvalue weighted by Crippen LogP contribution is 2.51. The zero-order valence-corrected chi connectivity index (χ0v) is 28.8. The summed E-state index contributed by atoms with van der Waals surface area (Å²) in [7, 11) is 0. The summed E-state index contributed by atoms with van der Waals surface area (Å²) in [6, 6.07) is 65.3. The fourth-order valence-corrected chi connectivity index (χ4v) is 9.39. The number of hydrogen-bond donors (Lipinski definition) is 0. The summed E-state index contributed by atoms with van der Waals surface area (Å²) in [5, 5.41) is 7.14. The Morgan fingerprint density at radius 1 is 0.442 bits per heavy atom. The van der Waals surface area contributed by atoms with Gasteiger partial charge < -0.3 is 13.9 Å². The van der Waals surface area contributed by atoms with Crippen molar-refractivity contribution in [3.05, 3.63) is 182 Å². The van der Waals surface area contributed by atoms with Crippen LogP contribution in [-0.2, 0) is 0 Å². The van der Waals surface area contributed by atoms with Gasteiger partial charge in [-0.25, -0.2) is 0 Å². The molecule has 3 heterocycles. The molecule has 3 nitrogen and oxygen atoms in total. The maximum atomic E-state index is 6.83. The number of nitrogens with zero attached hydrogens (tertiary/aromatic N) is 2. The van der Waals surface area contributed by atoms with Crippen molar-refractivity contribution in [3.63, 3.8) is 0 Å². The first-order valence-corrected chi connectivity index (χ1v) is 18.4. The van der Waals surface area contributed by atoms with Crippen molar-refractivity contribution >= 4 is 92.3 Å². The molecule has 11 aromatic rings. The predicted octanol–water partition coefficient (Wildman–Crippen LogP) is 14.2. The Kier molecular flexibility index (Phi) is 6.42. The topological polar surface area (TPSA) is 21.3 Å². The average molecular weight is 683 g/mol. The molecule has 3 aromatic heterocycles. The first kappa shape index (κ1) is 29.1. The van der Waals surface area contributed by atoms with E-state index < -0.39 is 0 Å². The van der Waals surface area contributed by atoms with Crippen LogP contribution in [0.3, 0.4) is 0 Å². The molecule has 0 aliphatic carbocycles. The van der Waals surface area contributed by atoms with Gasteiger partial charge >= 0.3 is 0 Å². The molecule has 0 unspecified atom stereocenters. The molecule has 0 atom stereocenters. The van der Waals surface area contributed by atoms with E-state index in [1.807, 2.05) is 11.3 Å². The van der Waals surface area contributed by atoms with Gasteiger partial charge in [-0.3, -0.25) is 0 Å². The van der Waals surface area contributed by atoms with Gasteiger partial charge in [-0.1, -0.05) is 121 Å². The summed E-state index contributed by atoms with van der Waals surface area (Å²) in [5.41, 5.74) is 10.8. The maximum absolute atomic E-state index is 6.83. The fourth-order valence-electron chi connectivity index (χ4n) is 8.18. The summed E-state index contributed by atoms with van der Waals surface area (Å²) < 4.78 is 11.8. The molecule has 0 spiro atoms. The lowest BCUT2D eigenvalue weighted by Crippen LogP contribution is -2.11. The van der Waals surface area contributed by atoms with Crippen LogP contribution in [0.4, 0.5) is 17.1 Å². The third-order valence-corrected chi connectivity index (χ3v) is 11.6. The molecule has 0 fully saturated rings. The SMILES string of the molecule is c1ccc(-c2ccc(N(c3cccc4c3sc3ccccc34)c3cccc4c3c3ccccc3n4-c3ccccc3)c3c2oc2ccccc23)cc1. The molecule has 0 aliphatic heterocycles. The number of aromatic nitrogens is 1. The molecule has 0 radical (unpaired) electrons. The Hall–Kier alpha value is -6.62. The molecule has 0 aliphatic rings. The number of furan rings is 1. The normalized spacial score (nSPS) is 11.8. The minimum Gasteiger partial charge on any atom is -0.455 e. The zero-order chi connectivity index (χ0) is 34.2. The van der Waals surface area contributed by atoms with E-state index in [2.05, 4.69) is 191 Å². The van der Waals surface area contributed by atoms with Crippen LogP contribution >= 0.6 is 11.3 Å². The highest BCUT2D eigenvalue weighted by Gasteiger charge is 2.27. The second-order valence-electron chi connectivity index (χ2n) is 13.2. The van der Waals surface area contributed by atoms with E-state index in [9.17, 15) is 0 Å². The van der Waals surface area contributed by atoms with Crippen LogP contribution in [0.15, 0.2) is 186 Å². The Labute approximate surface area is 303 Å². The van der Waals surface area contributed by atoms with E-state index in [1.165, 1.54) is 36.5 Å². The summed E-state index contributed by atoms with van der Waals surface area (Å²) in [5.74, 6) is 0. The first-order valence-electron chi connectivity index (χ1n) is 17.6. The monoisotopic (exact) mass is 682 g/mol. The van der Waals surface area contributed by atoms with Crippen molar-refractivity contribution in [2.75, 3.05) is 4.90 Å². The smallest absolute Gasteiger partial charge is 0.145 e. The van der Waals surface area contributed by atoms with E-state index in [-0.39, 0.29) is 0 Å². The lowest BCUT2D eigenvalue weighted by atomic mass is 9.99. The van der Waals surface area contributed by atoms with Crippen LogP contribution < -0.4 is 4.90 Å². The number of rotatable bonds is 5. The summed E-state index contributed by atoms with van der Waals surface area (Å²) in [6.45, 7) is 0. The molecule has 4 heteroatoms. The van der Waals surface area contributed by atoms with Crippen molar-refractivity contribution in [2.45, 2.75) is 0 Å². The molecule has 0 bridgehead atoms. The highest BCUT2D eigenvalue weighted by molar-refractivity contribution is 7.26. The van der Waals surface area contributed by atoms with Crippen LogP contribution in [0, 0.1) is 0 Å². The molecule has 11 rings (SSSR count). The predicted molar refractivity (Wildman–Crippen MR) is 221 cm³/mol. The van der Waals surface area contributed by atoms with E-state index in [0.29, 0.717) is 0 Å². The molecule has 0 N–H and O–H groups in total. The van der Waals surface area contributed by atoms with Crippen LogP contribution in [0.1, 0.15) is 0 Å². The third-order valence-electron chi connectivity index (χ3n) is 10.4. The van der Waals surface area contributed by atoms with Gasteiger partial charge in [0.15, 0.2) is 0 Å². The van der Waals surface area contributed by atoms with Gasteiger partial charge in [0.1, 0.15) is 11.2 Å². The number of thiophene rings is 1. The quantitative estimate of drug-likeness (QED) is 0.180. The van der Waals surface area contributed by atoms with Gasteiger partial charge in [0.05, 0.1) is 38.2 Å². The average Bonchev–Trinajstić information content (AvgIpc) is 3.89. The van der Waals surface area contributed by atoms with Gasteiger partial charge in [0.25, 0.3) is 0 Å². The van der Waals surface area contributed by atoms with Crippen molar-refractivity contribution in [2.24, 2.45) is 0 Å². The summed E-state index contributed by atoms with van der Waals surface area (Å²) >= 11 is 1.86. The summed E-state index contributed by atoms with van der Waals surface area (Å²) in [4.78, 5) is 2.50. The van der Waals surface area contributed by atoms with Gasteiger partial charge in [-0.15, -0.1) is 11.3 Å². The molecule has 0 amide bonds. The number of fused-ring (bicyclic) bond motifs is 9. The largest absolute Gasteiger partial charge is 0.455 e.